The van der Waals surface area contributed by atoms with Crippen molar-refractivity contribution in [1.82, 2.24) is 10.2 Å². The van der Waals surface area contributed by atoms with Gasteiger partial charge in [0, 0.05) is 36.8 Å². The van der Waals surface area contributed by atoms with Crippen LogP contribution in [0.25, 0.3) is 0 Å². The molecule has 0 spiro atoms. The summed E-state index contributed by atoms with van der Waals surface area (Å²) in [5.74, 6) is -0.281. The highest BCUT2D eigenvalue weighted by atomic mass is 79.9. The molecule has 1 atom stereocenters. The molecule has 2 N–H and O–H groups in total. The predicted molar refractivity (Wildman–Crippen MR) is 115 cm³/mol. The van der Waals surface area contributed by atoms with Crippen molar-refractivity contribution in [2.24, 2.45) is 0 Å². The van der Waals surface area contributed by atoms with Crippen LogP contribution in [0.15, 0.2) is 40.9 Å². The van der Waals surface area contributed by atoms with Crippen molar-refractivity contribution in [1.29, 1.82) is 0 Å². The van der Waals surface area contributed by atoms with Crippen LogP contribution in [0.5, 0.6) is 11.5 Å². The van der Waals surface area contributed by atoms with E-state index >= 15 is 0 Å². The van der Waals surface area contributed by atoms with Crippen LogP contribution in [-0.4, -0.2) is 42.5 Å². The summed E-state index contributed by atoms with van der Waals surface area (Å²) in [5.41, 5.74) is 1.22. The summed E-state index contributed by atoms with van der Waals surface area (Å²) in [6.07, 6.45) is -4.74. The second kappa shape index (κ2) is 10.9. The highest BCUT2D eigenvalue weighted by Crippen LogP contribution is 2.43. The van der Waals surface area contributed by atoms with E-state index in [1.165, 1.54) is 12.1 Å². The molecule has 0 aromatic heterocycles. The zero-order chi connectivity index (χ0) is 19.6. The maximum Gasteiger partial charge on any atom is 0.573 e. The molecule has 0 bridgehead atoms. The first-order valence-electron chi connectivity index (χ1n) is 8.23. The molecule has 1 aliphatic heterocycles. The number of rotatable bonds is 4. The van der Waals surface area contributed by atoms with Crippen molar-refractivity contribution in [3.05, 3.63) is 57.0 Å². The Labute approximate surface area is 192 Å². The Kier molecular flexibility index (Phi) is 9.85. The average molecular weight is 539 g/mol. The number of aromatic hydroxyl groups is 1. The molecule has 11 heteroatoms. The molecular formula is C18H19BrCl3F3N2O2. The second-order valence-corrected chi connectivity index (χ2v) is 7.36. The van der Waals surface area contributed by atoms with Gasteiger partial charge in [-0.1, -0.05) is 23.7 Å². The number of phenolic OH excluding ortho intramolecular Hbond substituents is 1. The summed E-state index contributed by atoms with van der Waals surface area (Å²) >= 11 is 9.69. The Balaban J connectivity index is 0.00000210. The fourth-order valence-corrected chi connectivity index (χ4v) is 3.77. The van der Waals surface area contributed by atoms with Crippen molar-refractivity contribution in [2.45, 2.75) is 12.4 Å². The number of nitrogens with zero attached hydrogens (tertiary/aromatic N) is 1. The van der Waals surface area contributed by atoms with Crippen LogP contribution in [0.1, 0.15) is 17.2 Å². The van der Waals surface area contributed by atoms with Gasteiger partial charge in [-0.2, -0.15) is 0 Å². The van der Waals surface area contributed by atoms with Gasteiger partial charge >= 0.3 is 6.36 Å². The van der Waals surface area contributed by atoms with Crippen molar-refractivity contribution >= 4 is 52.3 Å². The highest BCUT2D eigenvalue weighted by Gasteiger charge is 2.32. The van der Waals surface area contributed by atoms with Gasteiger partial charge in [0.15, 0.2) is 0 Å². The van der Waals surface area contributed by atoms with Gasteiger partial charge in [0.2, 0.25) is 0 Å². The molecule has 162 valence electrons. The highest BCUT2D eigenvalue weighted by molar-refractivity contribution is 9.10. The van der Waals surface area contributed by atoms with E-state index in [0.717, 1.165) is 13.1 Å². The largest absolute Gasteiger partial charge is 0.573 e. The van der Waals surface area contributed by atoms with E-state index < -0.39 is 12.4 Å². The molecule has 0 saturated carbocycles. The SMILES string of the molecule is Cl.Cl.Oc1c(Br)ccc(Cl)c1[C@@H](c1ccc(OC(F)(F)F)cc1)N1CCNCC1. The Morgan fingerprint density at radius 2 is 1.66 bits per heavy atom. The molecule has 3 rings (SSSR count). The minimum Gasteiger partial charge on any atom is -0.506 e. The zero-order valence-electron chi connectivity index (χ0n) is 14.9. The van der Waals surface area contributed by atoms with Crippen LogP contribution in [0.2, 0.25) is 5.02 Å². The Bertz CT molecular complexity index is 804. The predicted octanol–water partition coefficient (Wildman–Crippen LogP) is 5.54. The van der Waals surface area contributed by atoms with E-state index in [9.17, 15) is 18.3 Å². The van der Waals surface area contributed by atoms with Gasteiger partial charge in [-0.25, -0.2) is 0 Å². The lowest BCUT2D eigenvalue weighted by Crippen LogP contribution is -2.45. The Morgan fingerprint density at radius 3 is 2.21 bits per heavy atom. The van der Waals surface area contributed by atoms with Crippen LogP contribution in [0.4, 0.5) is 13.2 Å². The first-order valence-corrected chi connectivity index (χ1v) is 9.40. The third kappa shape index (κ3) is 6.54. The molecule has 1 fully saturated rings. The Hall–Kier alpha value is -0.900. The molecule has 1 aliphatic rings. The normalized spacial score (nSPS) is 15.8. The molecule has 0 aliphatic carbocycles. The van der Waals surface area contributed by atoms with Crippen LogP contribution < -0.4 is 10.1 Å². The first kappa shape index (κ1) is 26.1. The van der Waals surface area contributed by atoms with E-state index in [1.807, 2.05) is 0 Å². The van der Waals surface area contributed by atoms with E-state index in [-0.39, 0.29) is 36.3 Å². The molecule has 2 aromatic carbocycles. The number of nitrogens with one attached hydrogen (secondary N) is 1. The minimum atomic E-state index is -4.74. The lowest BCUT2D eigenvalue weighted by Gasteiger charge is -2.36. The van der Waals surface area contributed by atoms with Crippen molar-refractivity contribution < 1.29 is 23.0 Å². The van der Waals surface area contributed by atoms with E-state index in [4.69, 9.17) is 11.6 Å². The van der Waals surface area contributed by atoms with Crippen molar-refractivity contribution in [2.75, 3.05) is 26.2 Å². The fourth-order valence-electron chi connectivity index (χ4n) is 3.17. The number of ether oxygens (including phenoxy) is 1. The van der Waals surface area contributed by atoms with Crippen LogP contribution in [-0.2, 0) is 0 Å². The average Bonchev–Trinajstić information content (AvgIpc) is 2.62. The molecule has 1 heterocycles. The molecule has 0 unspecified atom stereocenters. The first-order chi connectivity index (χ1) is 12.8. The monoisotopic (exact) mass is 536 g/mol. The standard InChI is InChI=1S/C18H17BrClF3N2O2.2ClH/c19-13-5-6-14(20)15(17(13)26)16(25-9-7-24-8-10-25)11-1-3-12(4-2-11)27-18(21,22)23;;/h1-6,16,24,26H,7-10H2;2*1H/t16-;;/m1../s1. The van der Waals surface area contributed by atoms with E-state index in [1.54, 1.807) is 24.3 Å². The van der Waals surface area contributed by atoms with Gasteiger partial charge in [0.1, 0.15) is 11.5 Å². The Morgan fingerprint density at radius 1 is 1.07 bits per heavy atom. The van der Waals surface area contributed by atoms with Gasteiger partial charge in [-0.3, -0.25) is 4.90 Å². The third-order valence-corrected chi connectivity index (χ3v) is 5.30. The smallest absolute Gasteiger partial charge is 0.506 e. The fraction of sp³-hybridized carbons (Fsp3) is 0.333. The minimum absolute atomic E-state index is 0. The second-order valence-electron chi connectivity index (χ2n) is 6.10. The maximum atomic E-state index is 12.4. The topological polar surface area (TPSA) is 44.7 Å². The molecule has 2 aromatic rings. The quantitative estimate of drug-likeness (QED) is 0.536. The third-order valence-electron chi connectivity index (χ3n) is 4.33. The van der Waals surface area contributed by atoms with E-state index in [2.05, 4.69) is 30.9 Å². The number of benzene rings is 2. The van der Waals surface area contributed by atoms with Gasteiger partial charge in [-0.15, -0.1) is 38.0 Å². The molecule has 4 nitrogen and oxygen atoms in total. The number of hydrogen-bond acceptors (Lipinski definition) is 4. The number of piperazine rings is 1. The molecule has 1 saturated heterocycles. The summed E-state index contributed by atoms with van der Waals surface area (Å²) in [4.78, 5) is 2.13. The summed E-state index contributed by atoms with van der Waals surface area (Å²) in [7, 11) is 0. The molecule has 0 amide bonds. The van der Waals surface area contributed by atoms with Crippen LogP contribution in [0.3, 0.4) is 0 Å². The summed E-state index contributed by atoms with van der Waals surface area (Å²) in [6.45, 7) is 2.93. The van der Waals surface area contributed by atoms with Crippen LogP contribution in [0, 0.1) is 0 Å². The molecular weight excluding hydrogens is 519 g/mol. The zero-order valence-corrected chi connectivity index (χ0v) is 18.9. The lowest BCUT2D eigenvalue weighted by molar-refractivity contribution is -0.274. The van der Waals surface area contributed by atoms with Crippen molar-refractivity contribution in [3.8, 4) is 11.5 Å². The van der Waals surface area contributed by atoms with E-state index in [0.29, 0.717) is 33.7 Å². The number of alkyl halides is 3. The maximum absolute atomic E-state index is 12.4. The summed E-state index contributed by atoms with van der Waals surface area (Å²) < 4.78 is 41.7. The van der Waals surface area contributed by atoms with Gasteiger partial charge in [0.05, 0.1) is 10.5 Å². The summed E-state index contributed by atoms with van der Waals surface area (Å²) in [6, 6.07) is 8.57. The number of hydrogen-bond donors (Lipinski definition) is 2. The number of halogens is 7. The lowest BCUT2D eigenvalue weighted by atomic mass is 9.95. The van der Waals surface area contributed by atoms with Crippen molar-refractivity contribution in [3.63, 3.8) is 0 Å². The van der Waals surface area contributed by atoms with Gasteiger partial charge < -0.3 is 15.2 Å². The molecule has 29 heavy (non-hydrogen) atoms. The van der Waals surface area contributed by atoms with Crippen LogP contribution >= 0.6 is 52.3 Å². The van der Waals surface area contributed by atoms with Gasteiger partial charge in [0.25, 0.3) is 0 Å². The number of phenols is 1. The molecule has 0 radical (unpaired) electrons. The summed E-state index contributed by atoms with van der Waals surface area (Å²) in [5, 5.41) is 14.2. The van der Waals surface area contributed by atoms with Gasteiger partial charge in [-0.05, 0) is 45.8 Å².